The third kappa shape index (κ3) is 2.28. The Balaban J connectivity index is 3.03. The van der Waals surface area contributed by atoms with Gasteiger partial charge in [0.05, 0.1) is 0 Å². The van der Waals surface area contributed by atoms with E-state index in [0.717, 1.165) is 6.07 Å². The highest BCUT2D eigenvalue weighted by molar-refractivity contribution is 7.86. The van der Waals surface area contributed by atoms with E-state index in [4.69, 9.17) is 11.4 Å². The number of nitrogens with one attached hydrogen (secondary N) is 1. The molecule has 2 aromatic carbocycles. The zero-order valence-corrected chi connectivity index (χ0v) is 10.3. The van der Waals surface area contributed by atoms with Crippen LogP contribution in [-0.2, 0) is 10.1 Å². The van der Waals surface area contributed by atoms with Gasteiger partial charge >= 0.3 is 0 Å². The van der Waals surface area contributed by atoms with E-state index in [1.54, 1.807) is 18.2 Å². The maximum Gasteiger partial charge on any atom is 0.295 e. The SMILES string of the molecule is N=Nc1cc(S(=O)(=O)O)c2ccccc2c1N=NN. The summed E-state index contributed by atoms with van der Waals surface area (Å²) < 4.78 is 31.9. The van der Waals surface area contributed by atoms with Crippen molar-refractivity contribution < 1.29 is 13.0 Å². The highest BCUT2D eigenvalue weighted by atomic mass is 32.2. The summed E-state index contributed by atoms with van der Waals surface area (Å²) in [4.78, 5) is -0.343. The number of benzene rings is 2. The largest absolute Gasteiger partial charge is 0.305 e. The quantitative estimate of drug-likeness (QED) is 0.343. The van der Waals surface area contributed by atoms with Crippen molar-refractivity contribution in [3.63, 3.8) is 0 Å². The second-order valence-corrected chi connectivity index (χ2v) is 4.98. The number of nitrogens with two attached hydrogens (primary N) is 1. The minimum atomic E-state index is -4.44. The van der Waals surface area contributed by atoms with Gasteiger partial charge in [0, 0.05) is 10.8 Å². The maximum absolute atomic E-state index is 11.4. The molecule has 0 aromatic heterocycles. The lowest BCUT2D eigenvalue weighted by atomic mass is 10.1. The summed E-state index contributed by atoms with van der Waals surface area (Å²) in [5, 5.41) is 10.6. The van der Waals surface area contributed by atoms with Gasteiger partial charge in [-0.15, -0.1) is 5.11 Å². The van der Waals surface area contributed by atoms with Crippen molar-refractivity contribution in [1.29, 1.82) is 5.53 Å². The van der Waals surface area contributed by atoms with E-state index in [0.29, 0.717) is 5.39 Å². The molecule has 0 radical (unpaired) electrons. The zero-order valence-electron chi connectivity index (χ0n) is 9.48. The Bertz CT molecular complexity index is 785. The zero-order chi connectivity index (χ0) is 14.0. The second kappa shape index (κ2) is 4.71. The first-order chi connectivity index (χ1) is 8.99. The van der Waals surface area contributed by atoms with Crippen molar-refractivity contribution in [1.82, 2.24) is 0 Å². The summed E-state index contributed by atoms with van der Waals surface area (Å²) in [6, 6.07) is 7.39. The van der Waals surface area contributed by atoms with Crippen LogP contribution >= 0.6 is 0 Å². The van der Waals surface area contributed by atoms with E-state index in [9.17, 15) is 13.0 Å². The Morgan fingerprint density at radius 2 is 1.84 bits per heavy atom. The number of nitrogens with zero attached hydrogens (tertiary/aromatic N) is 3. The van der Waals surface area contributed by atoms with Crippen LogP contribution in [0.5, 0.6) is 0 Å². The van der Waals surface area contributed by atoms with Gasteiger partial charge in [-0.1, -0.05) is 29.5 Å². The molecule has 2 rings (SSSR count). The highest BCUT2D eigenvalue weighted by Gasteiger charge is 2.19. The number of hydrogen-bond donors (Lipinski definition) is 3. The van der Waals surface area contributed by atoms with Gasteiger partial charge in [0.15, 0.2) is 0 Å². The fourth-order valence-electron chi connectivity index (χ4n) is 1.77. The van der Waals surface area contributed by atoms with Crippen molar-refractivity contribution in [3.8, 4) is 0 Å². The molecule has 0 aliphatic carbocycles. The Kier molecular flexibility index (Phi) is 3.23. The molecule has 2 aromatic rings. The van der Waals surface area contributed by atoms with E-state index in [-0.39, 0.29) is 21.7 Å². The van der Waals surface area contributed by atoms with E-state index in [1.165, 1.54) is 6.07 Å². The van der Waals surface area contributed by atoms with Crippen LogP contribution in [0.1, 0.15) is 0 Å². The minimum absolute atomic E-state index is 0.0551. The molecule has 0 fully saturated rings. The van der Waals surface area contributed by atoms with Crippen molar-refractivity contribution in [3.05, 3.63) is 30.3 Å². The Hall–Kier alpha value is -2.39. The maximum atomic E-state index is 11.4. The van der Waals surface area contributed by atoms with E-state index >= 15 is 0 Å². The average Bonchev–Trinajstić information content (AvgIpc) is 2.38. The van der Waals surface area contributed by atoms with Crippen LogP contribution in [0, 0.1) is 5.53 Å². The van der Waals surface area contributed by atoms with Crippen molar-refractivity contribution in [2.75, 3.05) is 0 Å². The molecule has 98 valence electrons. The van der Waals surface area contributed by atoms with Gasteiger partial charge in [0.1, 0.15) is 16.3 Å². The summed E-state index contributed by atoms with van der Waals surface area (Å²) in [5.74, 6) is 4.99. The molecule has 0 bridgehead atoms. The van der Waals surface area contributed by atoms with Gasteiger partial charge in [-0.05, 0) is 6.07 Å². The first-order valence-electron chi connectivity index (χ1n) is 5.00. The van der Waals surface area contributed by atoms with Gasteiger partial charge in [0.2, 0.25) is 0 Å². The second-order valence-electron chi connectivity index (χ2n) is 3.59. The summed E-state index contributed by atoms with van der Waals surface area (Å²) in [6.45, 7) is 0. The normalized spacial score (nSPS) is 12.1. The van der Waals surface area contributed by atoms with Crippen LogP contribution in [0.15, 0.2) is 50.7 Å². The molecule has 8 nitrogen and oxygen atoms in total. The smallest absolute Gasteiger partial charge is 0.295 e. The lowest BCUT2D eigenvalue weighted by molar-refractivity contribution is 0.484. The Morgan fingerprint density at radius 3 is 2.37 bits per heavy atom. The first kappa shape index (κ1) is 13.1. The molecule has 0 unspecified atom stereocenters. The van der Waals surface area contributed by atoms with Gasteiger partial charge in [-0.2, -0.15) is 13.5 Å². The first-order valence-corrected chi connectivity index (χ1v) is 6.44. The fraction of sp³-hybridized carbons (Fsp3) is 0. The van der Waals surface area contributed by atoms with E-state index < -0.39 is 10.1 Å². The van der Waals surface area contributed by atoms with Crippen LogP contribution in [0.3, 0.4) is 0 Å². The van der Waals surface area contributed by atoms with Crippen molar-refractivity contribution in [2.45, 2.75) is 4.90 Å². The predicted molar refractivity (Wildman–Crippen MR) is 67.3 cm³/mol. The van der Waals surface area contributed by atoms with Crippen molar-refractivity contribution in [2.24, 2.45) is 21.3 Å². The van der Waals surface area contributed by atoms with Crippen LogP contribution in [0.25, 0.3) is 10.8 Å². The monoisotopic (exact) mass is 279 g/mol. The Morgan fingerprint density at radius 1 is 1.21 bits per heavy atom. The lowest BCUT2D eigenvalue weighted by Crippen LogP contribution is -1.99. The predicted octanol–water partition coefficient (Wildman–Crippen LogP) is 2.71. The summed E-state index contributed by atoms with van der Waals surface area (Å²) in [6.07, 6.45) is 0. The van der Waals surface area contributed by atoms with Crippen molar-refractivity contribution >= 4 is 32.3 Å². The fourth-order valence-corrected chi connectivity index (χ4v) is 2.49. The molecule has 0 saturated heterocycles. The molecule has 0 amide bonds. The third-order valence-corrected chi connectivity index (χ3v) is 3.41. The highest BCUT2D eigenvalue weighted by Crippen LogP contribution is 2.39. The topological polar surface area (TPSA) is 141 Å². The van der Waals surface area contributed by atoms with Gasteiger partial charge in [0.25, 0.3) is 10.1 Å². The molecular weight excluding hydrogens is 270 g/mol. The minimum Gasteiger partial charge on any atom is -0.305 e. The molecular formula is C10H9N5O3S. The van der Waals surface area contributed by atoms with Crippen LogP contribution < -0.4 is 5.84 Å². The average molecular weight is 279 g/mol. The molecule has 9 heteroatoms. The number of hydrogen-bond acceptors (Lipinski definition) is 6. The van der Waals surface area contributed by atoms with Gasteiger partial charge < -0.3 is 5.84 Å². The molecule has 19 heavy (non-hydrogen) atoms. The lowest BCUT2D eigenvalue weighted by Gasteiger charge is -2.08. The Labute approximate surface area is 108 Å². The summed E-state index contributed by atoms with van der Waals surface area (Å²) in [5.41, 5.74) is 7.16. The number of fused-ring (bicyclic) bond motifs is 1. The molecule has 0 atom stereocenters. The van der Waals surface area contributed by atoms with Gasteiger partial charge in [-0.25, -0.2) is 5.53 Å². The summed E-state index contributed by atoms with van der Waals surface area (Å²) in [7, 11) is -4.44. The molecule has 0 spiro atoms. The van der Waals surface area contributed by atoms with Crippen LogP contribution in [0.4, 0.5) is 11.4 Å². The van der Waals surface area contributed by atoms with Gasteiger partial charge in [-0.3, -0.25) is 4.55 Å². The van der Waals surface area contributed by atoms with Crippen LogP contribution in [-0.4, -0.2) is 13.0 Å². The summed E-state index contributed by atoms with van der Waals surface area (Å²) >= 11 is 0. The van der Waals surface area contributed by atoms with E-state index in [1.807, 2.05) is 0 Å². The van der Waals surface area contributed by atoms with Crippen LogP contribution in [0.2, 0.25) is 0 Å². The molecule has 0 aliphatic heterocycles. The molecule has 4 N–H and O–H groups in total. The van der Waals surface area contributed by atoms with E-state index in [2.05, 4.69) is 15.5 Å². The third-order valence-electron chi connectivity index (χ3n) is 2.51. The molecule has 0 aliphatic rings. The standard InChI is InChI=1S/C10H9N5O3S/c11-13-8-5-9(19(16,17)18)6-3-1-2-4-7(6)10(8)14-15-12/h1-5,11H,(H2,12,14)(H,16,17,18). The molecule has 0 heterocycles. The molecule has 0 saturated carbocycles. The number of rotatable bonds is 3.